The number of hydrogen-bond acceptors (Lipinski definition) is 3. The summed E-state index contributed by atoms with van der Waals surface area (Å²) in [6, 6.07) is 3.99. The van der Waals surface area contributed by atoms with Gasteiger partial charge in [0.25, 0.3) is 0 Å². The molecular weight excluding hydrogens is 249 g/mol. The predicted octanol–water partition coefficient (Wildman–Crippen LogP) is 3.12. The number of ketones is 1. The molecule has 0 saturated heterocycles. The van der Waals surface area contributed by atoms with Gasteiger partial charge in [0.15, 0.2) is 0 Å². The predicted molar refractivity (Wildman–Crippen MR) is 58.7 cm³/mol. The SMILES string of the molecule is COc1ccc(OC(F)(F)F)c(CCC(C)=O)c1. The second kappa shape index (κ2) is 5.75. The molecule has 18 heavy (non-hydrogen) atoms. The lowest BCUT2D eigenvalue weighted by Crippen LogP contribution is -2.18. The molecule has 0 bridgehead atoms. The van der Waals surface area contributed by atoms with Crippen LogP contribution in [0, 0.1) is 0 Å². The van der Waals surface area contributed by atoms with E-state index in [0.29, 0.717) is 11.3 Å². The van der Waals surface area contributed by atoms with Crippen molar-refractivity contribution in [2.45, 2.75) is 26.1 Å². The van der Waals surface area contributed by atoms with Gasteiger partial charge in [0.2, 0.25) is 0 Å². The Hall–Kier alpha value is -1.72. The van der Waals surface area contributed by atoms with Crippen LogP contribution in [0.1, 0.15) is 18.9 Å². The number of rotatable bonds is 5. The number of Topliss-reactive ketones (excluding diaryl/α,β-unsaturated/α-hetero) is 1. The van der Waals surface area contributed by atoms with Gasteiger partial charge in [-0.15, -0.1) is 13.2 Å². The van der Waals surface area contributed by atoms with E-state index in [-0.39, 0.29) is 24.4 Å². The first-order chi connectivity index (χ1) is 8.31. The van der Waals surface area contributed by atoms with Crippen molar-refractivity contribution in [1.29, 1.82) is 0 Å². The maximum atomic E-state index is 12.2. The van der Waals surface area contributed by atoms with Gasteiger partial charge in [-0.05, 0) is 37.1 Å². The van der Waals surface area contributed by atoms with Gasteiger partial charge >= 0.3 is 6.36 Å². The summed E-state index contributed by atoms with van der Waals surface area (Å²) in [7, 11) is 1.41. The highest BCUT2D eigenvalue weighted by Crippen LogP contribution is 2.30. The summed E-state index contributed by atoms with van der Waals surface area (Å²) in [6.07, 6.45) is -4.42. The number of hydrogen-bond donors (Lipinski definition) is 0. The highest BCUT2D eigenvalue weighted by Gasteiger charge is 2.32. The highest BCUT2D eigenvalue weighted by molar-refractivity contribution is 5.75. The van der Waals surface area contributed by atoms with Crippen molar-refractivity contribution in [1.82, 2.24) is 0 Å². The third-order valence-electron chi connectivity index (χ3n) is 2.24. The van der Waals surface area contributed by atoms with Crippen LogP contribution in [0.5, 0.6) is 11.5 Å². The van der Waals surface area contributed by atoms with Gasteiger partial charge in [0, 0.05) is 6.42 Å². The monoisotopic (exact) mass is 262 g/mol. The van der Waals surface area contributed by atoms with Crippen LogP contribution in [0.3, 0.4) is 0 Å². The molecule has 1 aromatic rings. The Labute approximate surface area is 103 Å². The minimum atomic E-state index is -4.75. The van der Waals surface area contributed by atoms with E-state index in [9.17, 15) is 18.0 Å². The van der Waals surface area contributed by atoms with Gasteiger partial charge < -0.3 is 14.3 Å². The number of carbonyl (C=O) groups excluding carboxylic acids is 1. The average Bonchev–Trinajstić information content (AvgIpc) is 2.25. The molecule has 3 nitrogen and oxygen atoms in total. The lowest BCUT2D eigenvalue weighted by Gasteiger charge is -2.14. The largest absolute Gasteiger partial charge is 0.573 e. The average molecular weight is 262 g/mol. The fourth-order valence-corrected chi connectivity index (χ4v) is 1.41. The summed E-state index contributed by atoms with van der Waals surface area (Å²) in [5, 5.41) is 0. The Kier molecular flexibility index (Phi) is 4.58. The van der Waals surface area contributed by atoms with Crippen molar-refractivity contribution >= 4 is 5.78 Å². The lowest BCUT2D eigenvalue weighted by atomic mass is 10.1. The van der Waals surface area contributed by atoms with Crippen molar-refractivity contribution in [3.05, 3.63) is 23.8 Å². The van der Waals surface area contributed by atoms with Crippen LogP contribution in [-0.2, 0) is 11.2 Å². The minimum Gasteiger partial charge on any atom is -0.497 e. The fourth-order valence-electron chi connectivity index (χ4n) is 1.41. The van der Waals surface area contributed by atoms with Gasteiger partial charge in [-0.2, -0.15) is 0 Å². The van der Waals surface area contributed by atoms with Crippen molar-refractivity contribution < 1.29 is 27.4 Å². The maximum absolute atomic E-state index is 12.2. The van der Waals surface area contributed by atoms with E-state index in [1.807, 2.05) is 0 Å². The normalized spacial score (nSPS) is 11.2. The summed E-state index contributed by atoms with van der Waals surface area (Å²) in [6.45, 7) is 1.38. The summed E-state index contributed by atoms with van der Waals surface area (Å²) in [5.74, 6) is 0.0170. The summed E-state index contributed by atoms with van der Waals surface area (Å²) < 4.78 is 45.4. The molecule has 100 valence electrons. The first-order valence-electron chi connectivity index (χ1n) is 5.24. The van der Waals surface area contributed by atoms with Crippen LogP contribution in [0.25, 0.3) is 0 Å². The number of ether oxygens (including phenoxy) is 2. The van der Waals surface area contributed by atoms with Crippen LogP contribution in [-0.4, -0.2) is 19.3 Å². The zero-order valence-electron chi connectivity index (χ0n) is 10.0. The van der Waals surface area contributed by atoms with Crippen LogP contribution in [0.4, 0.5) is 13.2 Å². The second-order valence-electron chi connectivity index (χ2n) is 3.72. The smallest absolute Gasteiger partial charge is 0.497 e. The molecule has 0 heterocycles. The second-order valence-corrected chi connectivity index (χ2v) is 3.72. The Morgan fingerprint density at radius 3 is 2.50 bits per heavy atom. The molecule has 0 radical (unpaired) electrons. The molecule has 0 N–H and O–H groups in total. The van der Waals surface area contributed by atoms with E-state index < -0.39 is 6.36 Å². The zero-order valence-corrected chi connectivity index (χ0v) is 10.0. The Morgan fingerprint density at radius 1 is 1.33 bits per heavy atom. The third-order valence-corrected chi connectivity index (χ3v) is 2.24. The quantitative estimate of drug-likeness (QED) is 0.817. The van der Waals surface area contributed by atoms with Gasteiger partial charge in [-0.25, -0.2) is 0 Å². The Balaban J connectivity index is 2.96. The molecule has 0 aliphatic rings. The molecule has 0 saturated carbocycles. The molecule has 0 aliphatic carbocycles. The number of alkyl halides is 3. The van der Waals surface area contributed by atoms with E-state index in [2.05, 4.69) is 4.74 Å². The van der Waals surface area contributed by atoms with E-state index in [4.69, 9.17) is 4.74 Å². The van der Waals surface area contributed by atoms with Gasteiger partial charge in [-0.3, -0.25) is 0 Å². The number of aryl methyl sites for hydroxylation is 1. The number of benzene rings is 1. The van der Waals surface area contributed by atoms with Crippen molar-refractivity contribution in [3.63, 3.8) is 0 Å². The van der Waals surface area contributed by atoms with Crippen molar-refractivity contribution in [2.24, 2.45) is 0 Å². The van der Waals surface area contributed by atoms with Crippen molar-refractivity contribution in [3.8, 4) is 11.5 Å². The number of methoxy groups -OCH3 is 1. The molecule has 0 amide bonds. The summed E-state index contributed by atoms with van der Waals surface area (Å²) in [5.41, 5.74) is 0.293. The van der Waals surface area contributed by atoms with Crippen molar-refractivity contribution in [2.75, 3.05) is 7.11 Å². The number of carbonyl (C=O) groups is 1. The summed E-state index contributed by atoms with van der Waals surface area (Å²) >= 11 is 0. The molecular formula is C12H13F3O3. The van der Waals surface area contributed by atoms with E-state index in [0.717, 1.165) is 0 Å². The molecule has 0 atom stereocenters. The first-order valence-corrected chi connectivity index (χ1v) is 5.24. The minimum absolute atomic E-state index is 0.101. The van der Waals surface area contributed by atoms with Crippen LogP contribution < -0.4 is 9.47 Å². The van der Waals surface area contributed by atoms with Gasteiger partial charge in [0.05, 0.1) is 7.11 Å². The highest BCUT2D eigenvalue weighted by atomic mass is 19.4. The fraction of sp³-hybridized carbons (Fsp3) is 0.417. The van der Waals surface area contributed by atoms with E-state index in [1.54, 1.807) is 0 Å². The topological polar surface area (TPSA) is 35.5 Å². The molecule has 0 aliphatic heterocycles. The molecule has 0 spiro atoms. The van der Waals surface area contributed by atoms with Crippen LogP contribution in [0.15, 0.2) is 18.2 Å². The molecule has 1 rings (SSSR count). The molecule has 0 fully saturated rings. The Morgan fingerprint density at radius 2 is 2.00 bits per heavy atom. The van der Waals surface area contributed by atoms with E-state index in [1.165, 1.54) is 32.2 Å². The van der Waals surface area contributed by atoms with Gasteiger partial charge in [-0.1, -0.05) is 0 Å². The van der Waals surface area contributed by atoms with Gasteiger partial charge in [0.1, 0.15) is 17.3 Å². The number of halogens is 3. The maximum Gasteiger partial charge on any atom is 0.573 e. The summed E-state index contributed by atoms with van der Waals surface area (Å²) in [4.78, 5) is 10.9. The third kappa shape index (κ3) is 4.65. The first kappa shape index (κ1) is 14.3. The zero-order chi connectivity index (χ0) is 13.8. The molecule has 6 heteroatoms. The standard InChI is InChI=1S/C12H13F3O3/c1-8(16)3-4-9-7-10(17-2)5-6-11(9)18-12(13,14)15/h5-7H,3-4H2,1-2H3. The Bertz CT molecular complexity index is 427. The van der Waals surface area contributed by atoms with E-state index >= 15 is 0 Å². The van der Waals surface area contributed by atoms with Crippen LogP contribution in [0.2, 0.25) is 0 Å². The lowest BCUT2D eigenvalue weighted by molar-refractivity contribution is -0.274. The molecule has 1 aromatic carbocycles. The molecule has 0 aromatic heterocycles. The van der Waals surface area contributed by atoms with Crippen LogP contribution >= 0.6 is 0 Å². The molecule has 0 unspecified atom stereocenters.